The minimum absolute atomic E-state index is 0.153. The summed E-state index contributed by atoms with van der Waals surface area (Å²) in [5.74, 6) is 0.480. The Morgan fingerprint density at radius 2 is 2.29 bits per heavy atom. The zero-order chi connectivity index (χ0) is 12.4. The van der Waals surface area contributed by atoms with E-state index in [1.807, 2.05) is 18.2 Å². The van der Waals surface area contributed by atoms with E-state index in [2.05, 4.69) is 21.2 Å². The van der Waals surface area contributed by atoms with E-state index >= 15 is 0 Å². The van der Waals surface area contributed by atoms with Gasteiger partial charge in [-0.05, 0) is 41.6 Å². The number of carbonyl (C=O) groups excluding carboxylic acids is 1. The van der Waals surface area contributed by atoms with Gasteiger partial charge in [0.1, 0.15) is 5.75 Å². The van der Waals surface area contributed by atoms with Crippen LogP contribution in [0.2, 0.25) is 0 Å². The van der Waals surface area contributed by atoms with Gasteiger partial charge in [0, 0.05) is 4.47 Å². The minimum atomic E-state index is -0.241. The van der Waals surface area contributed by atoms with Crippen LogP contribution in [0.5, 0.6) is 5.75 Å². The first-order valence-electron chi connectivity index (χ1n) is 4.73. The van der Waals surface area contributed by atoms with Gasteiger partial charge in [-0.25, -0.2) is 0 Å². The molecule has 1 aliphatic rings. The largest absolute Gasteiger partial charge is 0.497 e. The zero-order valence-corrected chi connectivity index (χ0v) is 11.3. The van der Waals surface area contributed by atoms with Crippen molar-refractivity contribution in [1.29, 1.82) is 5.41 Å². The van der Waals surface area contributed by atoms with Crippen LogP contribution < -0.4 is 10.1 Å². The molecule has 1 amide bonds. The van der Waals surface area contributed by atoms with Crippen LogP contribution in [0.3, 0.4) is 0 Å². The third-order valence-electron chi connectivity index (χ3n) is 2.15. The highest BCUT2D eigenvalue weighted by Crippen LogP contribution is 2.29. The summed E-state index contributed by atoms with van der Waals surface area (Å²) in [7, 11) is 1.59. The second-order valence-corrected chi connectivity index (χ2v) is 5.19. The first kappa shape index (κ1) is 12.2. The molecule has 1 aliphatic heterocycles. The Morgan fingerprint density at radius 3 is 2.88 bits per heavy atom. The number of hydrogen-bond donors (Lipinski definition) is 2. The number of ether oxygens (including phenoxy) is 1. The van der Waals surface area contributed by atoms with E-state index in [9.17, 15) is 4.79 Å². The maximum absolute atomic E-state index is 11.5. The summed E-state index contributed by atoms with van der Waals surface area (Å²) in [6, 6.07) is 5.51. The van der Waals surface area contributed by atoms with Crippen LogP contribution in [0.15, 0.2) is 27.6 Å². The summed E-state index contributed by atoms with van der Waals surface area (Å²) in [4.78, 5) is 12.0. The normalized spacial score (nSPS) is 17.4. The summed E-state index contributed by atoms with van der Waals surface area (Å²) < 4.78 is 6.00. The Hall–Kier alpha value is -1.27. The molecule has 88 valence electrons. The summed E-state index contributed by atoms with van der Waals surface area (Å²) >= 11 is 4.52. The van der Waals surface area contributed by atoms with Crippen molar-refractivity contribution in [1.82, 2.24) is 5.32 Å². The van der Waals surface area contributed by atoms with E-state index < -0.39 is 0 Å². The first-order chi connectivity index (χ1) is 8.10. The SMILES string of the molecule is COc1ccc(Br)c(C=C2SC(=N)NC2=O)c1. The zero-order valence-electron chi connectivity index (χ0n) is 8.91. The number of amides is 1. The van der Waals surface area contributed by atoms with Crippen LogP contribution in [-0.2, 0) is 4.79 Å². The molecule has 0 aromatic heterocycles. The van der Waals surface area contributed by atoms with Crippen LogP contribution in [0.25, 0.3) is 6.08 Å². The average Bonchev–Trinajstić information content (AvgIpc) is 2.60. The number of amidine groups is 1. The topological polar surface area (TPSA) is 62.2 Å². The summed E-state index contributed by atoms with van der Waals surface area (Å²) in [5.41, 5.74) is 0.844. The second kappa shape index (κ2) is 4.93. The van der Waals surface area contributed by atoms with E-state index in [-0.39, 0.29) is 11.1 Å². The van der Waals surface area contributed by atoms with Crippen molar-refractivity contribution in [2.45, 2.75) is 0 Å². The number of nitrogens with one attached hydrogen (secondary N) is 2. The number of rotatable bonds is 2. The Balaban J connectivity index is 2.38. The van der Waals surface area contributed by atoms with Gasteiger partial charge in [-0.3, -0.25) is 10.2 Å². The van der Waals surface area contributed by atoms with Crippen LogP contribution in [0.1, 0.15) is 5.56 Å². The third-order valence-corrected chi connectivity index (χ3v) is 3.70. The fraction of sp³-hybridized carbons (Fsp3) is 0.0909. The lowest BCUT2D eigenvalue weighted by Crippen LogP contribution is -2.18. The Bertz CT molecular complexity index is 528. The average molecular weight is 313 g/mol. The smallest absolute Gasteiger partial charge is 0.264 e. The van der Waals surface area contributed by atoms with Gasteiger partial charge in [0.05, 0.1) is 12.0 Å². The Morgan fingerprint density at radius 1 is 1.53 bits per heavy atom. The molecule has 0 aliphatic carbocycles. The minimum Gasteiger partial charge on any atom is -0.497 e. The van der Waals surface area contributed by atoms with Crippen LogP contribution in [-0.4, -0.2) is 18.2 Å². The molecule has 0 radical (unpaired) electrons. The van der Waals surface area contributed by atoms with Gasteiger partial charge < -0.3 is 10.1 Å². The Labute approximate surface area is 111 Å². The highest BCUT2D eigenvalue weighted by atomic mass is 79.9. The van der Waals surface area contributed by atoms with E-state index in [0.29, 0.717) is 4.91 Å². The summed E-state index contributed by atoms with van der Waals surface area (Å²) in [5, 5.41) is 9.94. The molecule has 1 aromatic rings. The molecular formula is C11H9BrN2O2S. The maximum Gasteiger partial charge on any atom is 0.264 e. The molecule has 2 rings (SSSR count). The highest BCUT2D eigenvalue weighted by Gasteiger charge is 2.22. The number of methoxy groups -OCH3 is 1. The van der Waals surface area contributed by atoms with Crippen molar-refractivity contribution < 1.29 is 9.53 Å². The predicted molar refractivity (Wildman–Crippen MR) is 72.1 cm³/mol. The number of thioether (sulfide) groups is 1. The van der Waals surface area contributed by atoms with E-state index in [4.69, 9.17) is 10.1 Å². The molecule has 0 saturated carbocycles. The number of benzene rings is 1. The first-order valence-corrected chi connectivity index (χ1v) is 6.34. The molecular weight excluding hydrogens is 304 g/mol. The number of hydrogen-bond acceptors (Lipinski definition) is 4. The number of halogens is 1. The van der Waals surface area contributed by atoms with Gasteiger partial charge in [0.25, 0.3) is 5.91 Å². The van der Waals surface area contributed by atoms with Crippen LogP contribution in [0, 0.1) is 5.41 Å². The van der Waals surface area contributed by atoms with Crippen molar-refractivity contribution in [3.63, 3.8) is 0 Å². The second-order valence-electron chi connectivity index (χ2n) is 3.28. The molecule has 2 N–H and O–H groups in total. The van der Waals surface area contributed by atoms with E-state index in [1.54, 1.807) is 13.2 Å². The van der Waals surface area contributed by atoms with Crippen LogP contribution >= 0.6 is 27.7 Å². The quantitative estimate of drug-likeness (QED) is 0.825. The van der Waals surface area contributed by atoms with Crippen molar-refractivity contribution >= 4 is 44.8 Å². The van der Waals surface area contributed by atoms with Crippen molar-refractivity contribution in [3.8, 4) is 5.75 Å². The van der Waals surface area contributed by atoms with Crippen molar-refractivity contribution in [2.24, 2.45) is 0 Å². The van der Waals surface area contributed by atoms with Gasteiger partial charge in [-0.15, -0.1) is 0 Å². The third kappa shape index (κ3) is 2.70. The molecule has 0 unspecified atom stereocenters. The molecule has 1 fully saturated rings. The lowest BCUT2D eigenvalue weighted by Gasteiger charge is -2.03. The molecule has 1 saturated heterocycles. The molecule has 0 atom stereocenters. The predicted octanol–water partition coefficient (Wildman–Crippen LogP) is 2.60. The van der Waals surface area contributed by atoms with E-state index in [0.717, 1.165) is 27.5 Å². The molecule has 4 nitrogen and oxygen atoms in total. The summed E-state index contributed by atoms with van der Waals surface area (Å²) in [6.45, 7) is 0. The van der Waals surface area contributed by atoms with Crippen molar-refractivity contribution in [3.05, 3.63) is 33.1 Å². The monoisotopic (exact) mass is 312 g/mol. The lowest BCUT2D eigenvalue weighted by molar-refractivity contribution is -0.115. The molecule has 1 heterocycles. The maximum atomic E-state index is 11.5. The highest BCUT2D eigenvalue weighted by molar-refractivity contribution is 9.10. The van der Waals surface area contributed by atoms with Gasteiger partial charge in [0.15, 0.2) is 5.17 Å². The van der Waals surface area contributed by atoms with Gasteiger partial charge in [0.2, 0.25) is 0 Å². The fourth-order valence-electron chi connectivity index (χ4n) is 1.34. The molecule has 1 aromatic carbocycles. The number of carbonyl (C=O) groups is 1. The molecule has 6 heteroatoms. The summed E-state index contributed by atoms with van der Waals surface area (Å²) in [6.07, 6.45) is 1.73. The fourth-order valence-corrected chi connectivity index (χ4v) is 2.40. The standard InChI is InChI=1S/C11H9BrN2O2S/c1-16-7-2-3-8(12)6(4-7)5-9-10(15)14-11(13)17-9/h2-5H,1H3,(H2,13,14,15). The lowest BCUT2D eigenvalue weighted by atomic mass is 10.2. The van der Waals surface area contributed by atoms with Crippen molar-refractivity contribution in [2.75, 3.05) is 7.11 Å². The molecule has 0 spiro atoms. The van der Waals surface area contributed by atoms with Gasteiger partial charge >= 0.3 is 0 Å². The Kier molecular flexibility index (Phi) is 3.54. The van der Waals surface area contributed by atoms with Gasteiger partial charge in [-0.2, -0.15) is 0 Å². The van der Waals surface area contributed by atoms with Crippen LogP contribution in [0.4, 0.5) is 0 Å². The van der Waals surface area contributed by atoms with E-state index in [1.165, 1.54) is 0 Å². The van der Waals surface area contributed by atoms with Gasteiger partial charge in [-0.1, -0.05) is 15.9 Å². The molecule has 17 heavy (non-hydrogen) atoms. The molecule has 0 bridgehead atoms.